The zero-order valence-corrected chi connectivity index (χ0v) is 11.9. The van der Waals surface area contributed by atoms with Gasteiger partial charge in [-0.25, -0.2) is 4.39 Å². The predicted octanol–water partition coefficient (Wildman–Crippen LogP) is 2.52. The average Bonchev–Trinajstić information content (AvgIpc) is 3.06. The van der Waals surface area contributed by atoms with E-state index < -0.39 is 5.82 Å². The second-order valence-electron chi connectivity index (χ2n) is 5.88. The molecule has 2 atom stereocenters. The number of amides is 1. The van der Waals surface area contributed by atoms with Crippen molar-refractivity contribution < 1.29 is 9.18 Å². The number of rotatable bonds is 2. The second-order valence-corrected chi connectivity index (χ2v) is 5.88. The Morgan fingerprint density at radius 3 is 2.55 bits per heavy atom. The van der Waals surface area contributed by atoms with Crippen molar-refractivity contribution in [1.29, 1.82) is 0 Å². The number of benzene rings is 1. The highest BCUT2D eigenvalue weighted by atomic mass is 19.1. The summed E-state index contributed by atoms with van der Waals surface area (Å²) in [7, 11) is 2.13. The number of carbonyl (C=O) groups is 1. The van der Waals surface area contributed by atoms with E-state index in [4.69, 9.17) is 0 Å². The molecule has 0 bridgehead atoms. The first-order valence-corrected chi connectivity index (χ1v) is 7.44. The highest BCUT2D eigenvalue weighted by Gasteiger charge is 2.39. The molecule has 0 N–H and O–H groups in total. The molecular weight excluding hydrogens is 255 g/mol. The van der Waals surface area contributed by atoms with Gasteiger partial charge in [0.15, 0.2) is 0 Å². The van der Waals surface area contributed by atoms with Crippen LogP contribution in [-0.2, 0) is 0 Å². The Hall–Kier alpha value is -1.42. The lowest BCUT2D eigenvalue weighted by Gasteiger charge is -2.33. The van der Waals surface area contributed by atoms with E-state index in [1.807, 2.05) is 4.90 Å². The molecule has 0 spiro atoms. The molecule has 1 amide bonds. The van der Waals surface area contributed by atoms with Crippen LogP contribution >= 0.6 is 0 Å². The lowest BCUT2D eigenvalue weighted by atomic mass is 10.0. The Morgan fingerprint density at radius 1 is 1.15 bits per heavy atom. The molecule has 108 valence electrons. The Morgan fingerprint density at radius 2 is 1.85 bits per heavy atom. The molecule has 0 aromatic heterocycles. The minimum atomic E-state index is -0.414. The third-order valence-corrected chi connectivity index (χ3v) is 4.69. The van der Waals surface area contributed by atoms with Crippen LogP contribution in [0, 0.1) is 5.82 Å². The summed E-state index contributed by atoms with van der Waals surface area (Å²) in [6, 6.07) is 6.98. The molecular formula is C16H21FN2O. The Kier molecular flexibility index (Phi) is 3.74. The first kappa shape index (κ1) is 13.6. The lowest BCUT2D eigenvalue weighted by molar-refractivity contribution is 0.0660. The van der Waals surface area contributed by atoms with Crippen LogP contribution in [-0.4, -0.2) is 47.9 Å². The first-order chi connectivity index (χ1) is 9.68. The summed E-state index contributed by atoms with van der Waals surface area (Å²) in [6.45, 7) is 1.85. The van der Waals surface area contributed by atoms with Gasteiger partial charge >= 0.3 is 0 Å². The molecule has 3 nitrogen and oxygen atoms in total. The van der Waals surface area contributed by atoms with E-state index in [1.54, 1.807) is 18.2 Å². The summed E-state index contributed by atoms with van der Waals surface area (Å²) < 4.78 is 13.8. The molecule has 2 aliphatic heterocycles. The standard InChI is InChI=1S/C16H21FN2O/c1-18-10-4-8-14(18)15-9-5-11-19(15)16(20)12-6-2-3-7-13(12)17/h2-3,6-7,14-15H,4-5,8-11H2,1H3/t14-,15+/m1/s1. The van der Waals surface area contributed by atoms with Crippen LogP contribution in [0.5, 0.6) is 0 Å². The second kappa shape index (κ2) is 5.52. The number of hydrogen-bond donors (Lipinski definition) is 0. The molecule has 2 saturated heterocycles. The fourth-order valence-electron chi connectivity index (χ4n) is 3.66. The van der Waals surface area contributed by atoms with E-state index in [2.05, 4.69) is 11.9 Å². The highest BCUT2D eigenvalue weighted by Crippen LogP contribution is 2.30. The highest BCUT2D eigenvalue weighted by molar-refractivity contribution is 5.94. The molecule has 2 fully saturated rings. The van der Waals surface area contributed by atoms with Crippen molar-refractivity contribution in [3.8, 4) is 0 Å². The van der Waals surface area contributed by atoms with Gasteiger partial charge in [0.25, 0.3) is 5.91 Å². The van der Waals surface area contributed by atoms with Crippen molar-refractivity contribution in [2.45, 2.75) is 37.8 Å². The van der Waals surface area contributed by atoms with Gasteiger partial charge in [-0.2, -0.15) is 0 Å². The van der Waals surface area contributed by atoms with Gasteiger partial charge in [-0.05, 0) is 51.4 Å². The summed E-state index contributed by atoms with van der Waals surface area (Å²) in [6.07, 6.45) is 4.39. The van der Waals surface area contributed by atoms with E-state index >= 15 is 0 Å². The number of likely N-dealkylation sites (N-methyl/N-ethyl adjacent to an activating group) is 1. The summed E-state index contributed by atoms with van der Waals surface area (Å²) in [5.41, 5.74) is 0.208. The van der Waals surface area contributed by atoms with Crippen LogP contribution < -0.4 is 0 Å². The van der Waals surface area contributed by atoms with Gasteiger partial charge in [-0.15, -0.1) is 0 Å². The smallest absolute Gasteiger partial charge is 0.257 e. The summed E-state index contributed by atoms with van der Waals surface area (Å²) in [5, 5.41) is 0. The van der Waals surface area contributed by atoms with Crippen LogP contribution in [0.2, 0.25) is 0 Å². The Bertz CT molecular complexity index is 505. The van der Waals surface area contributed by atoms with Gasteiger partial charge in [-0.3, -0.25) is 4.79 Å². The minimum absolute atomic E-state index is 0.147. The quantitative estimate of drug-likeness (QED) is 0.828. The maximum atomic E-state index is 13.8. The fraction of sp³-hybridized carbons (Fsp3) is 0.562. The minimum Gasteiger partial charge on any atom is -0.334 e. The van der Waals surface area contributed by atoms with Gasteiger partial charge in [-0.1, -0.05) is 12.1 Å². The van der Waals surface area contributed by atoms with Crippen molar-refractivity contribution in [2.75, 3.05) is 20.1 Å². The number of halogens is 1. The Balaban J connectivity index is 1.82. The lowest BCUT2D eigenvalue weighted by Crippen LogP contribution is -2.47. The molecule has 3 rings (SSSR count). The van der Waals surface area contributed by atoms with E-state index in [1.165, 1.54) is 12.5 Å². The zero-order chi connectivity index (χ0) is 14.1. The average molecular weight is 276 g/mol. The van der Waals surface area contributed by atoms with E-state index in [9.17, 15) is 9.18 Å². The Labute approximate surface area is 119 Å². The van der Waals surface area contributed by atoms with Gasteiger partial charge in [0.2, 0.25) is 0 Å². The van der Waals surface area contributed by atoms with Crippen molar-refractivity contribution in [1.82, 2.24) is 9.80 Å². The monoisotopic (exact) mass is 276 g/mol. The molecule has 2 aliphatic rings. The van der Waals surface area contributed by atoms with Crippen LogP contribution in [0.15, 0.2) is 24.3 Å². The van der Waals surface area contributed by atoms with Gasteiger partial charge in [0, 0.05) is 18.6 Å². The fourth-order valence-corrected chi connectivity index (χ4v) is 3.66. The molecule has 4 heteroatoms. The third-order valence-electron chi connectivity index (χ3n) is 4.69. The van der Waals surface area contributed by atoms with E-state index in [0.717, 1.165) is 32.4 Å². The third kappa shape index (κ3) is 2.33. The normalized spacial score (nSPS) is 27.2. The van der Waals surface area contributed by atoms with Gasteiger partial charge in [0.1, 0.15) is 5.82 Å². The van der Waals surface area contributed by atoms with Crippen molar-refractivity contribution >= 4 is 5.91 Å². The van der Waals surface area contributed by atoms with Crippen LogP contribution in [0.3, 0.4) is 0 Å². The van der Waals surface area contributed by atoms with Gasteiger partial charge < -0.3 is 9.80 Å². The molecule has 0 saturated carbocycles. The van der Waals surface area contributed by atoms with E-state index in [-0.39, 0.29) is 17.5 Å². The van der Waals surface area contributed by atoms with Crippen molar-refractivity contribution in [3.63, 3.8) is 0 Å². The molecule has 20 heavy (non-hydrogen) atoms. The molecule has 0 unspecified atom stereocenters. The van der Waals surface area contributed by atoms with Gasteiger partial charge in [0.05, 0.1) is 5.56 Å². The predicted molar refractivity (Wildman–Crippen MR) is 76.1 cm³/mol. The molecule has 0 aliphatic carbocycles. The summed E-state index contributed by atoms with van der Waals surface area (Å²) in [4.78, 5) is 16.8. The van der Waals surface area contributed by atoms with Crippen molar-refractivity contribution in [2.24, 2.45) is 0 Å². The number of hydrogen-bond acceptors (Lipinski definition) is 2. The molecule has 2 heterocycles. The topological polar surface area (TPSA) is 23.6 Å². The molecule has 1 aromatic rings. The van der Waals surface area contributed by atoms with Crippen LogP contribution in [0.25, 0.3) is 0 Å². The number of carbonyl (C=O) groups excluding carboxylic acids is 1. The summed E-state index contributed by atoms with van der Waals surface area (Å²) >= 11 is 0. The first-order valence-electron chi connectivity index (χ1n) is 7.44. The maximum Gasteiger partial charge on any atom is 0.257 e. The largest absolute Gasteiger partial charge is 0.334 e. The molecule has 0 radical (unpaired) electrons. The van der Waals surface area contributed by atoms with Crippen LogP contribution in [0.4, 0.5) is 4.39 Å². The number of likely N-dealkylation sites (tertiary alicyclic amines) is 2. The van der Waals surface area contributed by atoms with Crippen LogP contribution in [0.1, 0.15) is 36.0 Å². The van der Waals surface area contributed by atoms with E-state index in [0.29, 0.717) is 6.04 Å². The zero-order valence-electron chi connectivity index (χ0n) is 11.9. The SMILES string of the molecule is CN1CCC[C@@H]1[C@@H]1CCCN1C(=O)c1ccccc1F. The maximum absolute atomic E-state index is 13.8. The van der Waals surface area contributed by atoms with Crippen molar-refractivity contribution in [3.05, 3.63) is 35.6 Å². The number of nitrogens with zero attached hydrogens (tertiary/aromatic N) is 2. The molecule has 1 aromatic carbocycles. The summed E-state index contributed by atoms with van der Waals surface area (Å²) in [5.74, 6) is -0.561.